The summed E-state index contributed by atoms with van der Waals surface area (Å²) < 4.78 is 1.08. The number of amides is 1. The molecule has 1 aliphatic heterocycles. The quantitative estimate of drug-likeness (QED) is 0.590. The molecule has 0 saturated carbocycles. The maximum Gasteiger partial charge on any atom is 0.222 e. The monoisotopic (exact) mass is 356 g/mol. The lowest BCUT2D eigenvalue weighted by Gasteiger charge is -2.15. The summed E-state index contributed by atoms with van der Waals surface area (Å²) >= 11 is 1.66. The topological polar surface area (TPSA) is 99.9 Å². The Kier molecular flexibility index (Phi) is 4.27. The SMILES string of the molecule is Nc1cc(NCCCN2CCCC2=O)c2sc(-c3ccn[nH]3)cc2n1. The van der Waals surface area contributed by atoms with Crippen LogP contribution in [0.2, 0.25) is 0 Å². The molecule has 8 heteroatoms. The molecule has 0 bridgehead atoms. The zero-order valence-corrected chi connectivity index (χ0v) is 14.6. The van der Waals surface area contributed by atoms with Gasteiger partial charge < -0.3 is 16.0 Å². The molecule has 0 atom stereocenters. The number of hydrogen-bond acceptors (Lipinski definition) is 6. The highest BCUT2D eigenvalue weighted by Gasteiger charge is 2.19. The summed E-state index contributed by atoms with van der Waals surface area (Å²) in [5.74, 6) is 0.775. The number of fused-ring (bicyclic) bond motifs is 1. The fourth-order valence-electron chi connectivity index (χ4n) is 3.13. The van der Waals surface area contributed by atoms with Gasteiger partial charge in [-0.25, -0.2) is 4.98 Å². The Morgan fingerprint density at radius 2 is 2.32 bits per heavy atom. The van der Waals surface area contributed by atoms with E-state index < -0.39 is 0 Å². The molecular formula is C17H20N6OS. The Balaban J connectivity index is 1.47. The van der Waals surface area contributed by atoms with Crippen LogP contribution in [0.5, 0.6) is 0 Å². The van der Waals surface area contributed by atoms with Crippen molar-refractivity contribution in [2.45, 2.75) is 19.3 Å². The molecule has 3 aromatic heterocycles. The van der Waals surface area contributed by atoms with E-state index in [0.29, 0.717) is 12.2 Å². The van der Waals surface area contributed by atoms with Gasteiger partial charge in [0.1, 0.15) is 5.82 Å². The minimum absolute atomic E-state index is 0.276. The third-order valence-corrected chi connectivity index (χ3v) is 5.55. The van der Waals surface area contributed by atoms with Crippen molar-refractivity contribution in [3.05, 3.63) is 24.4 Å². The van der Waals surface area contributed by atoms with Gasteiger partial charge in [0, 0.05) is 38.3 Å². The van der Waals surface area contributed by atoms with Gasteiger partial charge in [-0.3, -0.25) is 9.89 Å². The molecule has 4 N–H and O–H groups in total. The second-order valence-electron chi connectivity index (χ2n) is 6.15. The predicted octanol–water partition coefficient (Wildman–Crippen LogP) is 2.69. The van der Waals surface area contributed by atoms with Crippen LogP contribution in [-0.2, 0) is 4.79 Å². The molecule has 4 rings (SSSR count). The van der Waals surface area contributed by atoms with Gasteiger partial charge in [0.2, 0.25) is 5.91 Å². The molecule has 1 aliphatic rings. The van der Waals surface area contributed by atoms with Crippen LogP contribution in [0.15, 0.2) is 24.4 Å². The summed E-state index contributed by atoms with van der Waals surface area (Å²) in [6.45, 7) is 2.49. The maximum atomic E-state index is 11.6. The number of aromatic amines is 1. The van der Waals surface area contributed by atoms with Gasteiger partial charge in [-0.1, -0.05) is 0 Å². The predicted molar refractivity (Wildman–Crippen MR) is 101 cm³/mol. The van der Waals surface area contributed by atoms with E-state index in [9.17, 15) is 4.79 Å². The van der Waals surface area contributed by atoms with E-state index in [1.54, 1.807) is 17.5 Å². The van der Waals surface area contributed by atoms with Crippen LogP contribution in [0.4, 0.5) is 11.5 Å². The van der Waals surface area contributed by atoms with Gasteiger partial charge in [0.15, 0.2) is 0 Å². The first-order valence-electron chi connectivity index (χ1n) is 8.42. The van der Waals surface area contributed by atoms with Crippen molar-refractivity contribution in [2.24, 2.45) is 0 Å². The fourth-order valence-corrected chi connectivity index (χ4v) is 4.20. The van der Waals surface area contributed by atoms with E-state index in [0.717, 1.165) is 59.0 Å². The third-order valence-electron chi connectivity index (χ3n) is 4.36. The van der Waals surface area contributed by atoms with Crippen molar-refractivity contribution in [2.75, 3.05) is 30.7 Å². The van der Waals surface area contributed by atoms with Gasteiger partial charge in [0.25, 0.3) is 0 Å². The number of H-pyrrole nitrogens is 1. The first kappa shape index (κ1) is 15.9. The highest BCUT2D eigenvalue weighted by atomic mass is 32.1. The Labute approximate surface area is 149 Å². The number of thiophene rings is 1. The molecule has 4 heterocycles. The van der Waals surface area contributed by atoms with E-state index in [1.165, 1.54) is 0 Å². The molecule has 0 spiro atoms. The second kappa shape index (κ2) is 6.72. The Bertz CT molecular complexity index is 888. The molecule has 7 nitrogen and oxygen atoms in total. The molecule has 1 saturated heterocycles. The van der Waals surface area contributed by atoms with Gasteiger partial charge in [-0.2, -0.15) is 5.10 Å². The number of aromatic nitrogens is 3. The van der Waals surface area contributed by atoms with Gasteiger partial charge in [0.05, 0.1) is 26.5 Å². The van der Waals surface area contributed by atoms with Crippen LogP contribution in [-0.4, -0.2) is 45.6 Å². The molecule has 0 unspecified atom stereocenters. The average molecular weight is 356 g/mol. The first-order chi connectivity index (χ1) is 12.2. The standard InChI is InChI=1S/C17H20N6OS/c18-15-10-12(19-5-2-8-23-7-1-3-16(23)24)17-13(21-15)9-14(25-17)11-4-6-20-22-11/h4,6,9-10H,1-3,5,7-8H2,(H,20,22)(H3,18,19,21). The lowest BCUT2D eigenvalue weighted by Crippen LogP contribution is -2.26. The second-order valence-corrected chi connectivity index (χ2v) is 7.21. The number of anilines is 2. The summed E-state index contributed by atoms with van der Waals surface area (Å²) in [4.78, 5) is 19.1. The fraction of sp³-hybridized carbons (Fsp3) is 0.353. The van der Waals surface area contributed by atoms with Crippen molar-refractivity contribution in [1.29, 1.82) is 0 Å². The number of pyridine rings is 1. The number of nitrogens with two attached hydrogens (primary N) is 1. The maximum absolute atomic E-state index is 11.6. The van der Waals surface area contributed by atoms with Crippen LogP contribution in [0, 0.1) is 0 Å². The van der Waals surface area contributed by atoms with E-state index in [2.05, 4.69) is 20.5 Å². The summed E-state index contributed by atoms with van der Waals surface area (Å²) in [5, 5.41) is 10.4. The molecule has 1 amide bonds. The van der Waals surface area contributed by atoms with Crippen molar-refractivity contribution in [1.82, 2.24) is 20.1 Å². The number of hydrogen-bond donors (Lipinski definition) is 3. The van der Waals surface area contributed by atoms with Crippen LogP contribution in [0.3, 0.4) is 0 Å². The van der Waals surface area contributed by atoms with E-state index in [1.807, 2.05) is 23.1 Å². The normalized spacial score (nSPS) is 14.6. The summed E-state index contributed by atoms with van der Waals surface area (Å²) in [6.07, 6.45) is 4.33. The molecule has 130 valence electrons. The molecular weight excluding hydrogens is 336 g/mol. The van der Waals surface area contributed by atoms with Crippen molar-refractivity contribution in [3.8, 4) is 10.6 Å². The molecule has 1 fully saturated rings. The number of rotatable bonds is 6. The van der Waals surface area contributed by atoms with Crippen molar-refractivity contribution < 1.29 is 4.79 Å². The number of carbonyl (C=O) groups excluding carboxylic acids is 1. The average Bonchev–Trinajstić information content (AvgIpc) is 3.31. The Morgan fingerprint density at radius 3 is 3.08 bits per heavy atom. The van der Waals surface area contributed by atoms with Gasteiger partial charge >= 0.3 is 0 Å². The smallest absolute Gasteiger partial charge is 0.222 e. The molecule has 0 aromatic carbocycles. The van der Waals surface area contributed by atoms with Gasteiger partial charge in [-0.05, 0) is 25.0 Å². The highest BCUT2D eigenvalue weighted by molar-refractivity contribution is 7.22. The third kappa shape index (κ3) is 3.30. The number of nitrogens with zero attached hydrogens (tertiary/aromatic N) is 3. The molecule has 0 aliphatic carbocycles. The Hall–Kier alpha value is -2.61. The lowest BCUT2D eigenvalue weighted by atomic mass is 10.3. The van der Waals surface area contributed by atoms with Gasteiger partial charge in [-0.15, -0.1) is 11.3 Å². The number of nitrogens with one attached hydrogen (secondary N) is 2. The molecule has 0 radical (unpaired) electrons. The molecule has 25 heavy (non-hydrogen) atoms. The van der Waals surface area contributed by atoms with Crippen LogP contribution in [0.1, 0.15) is 19.3 Å². The van der Waals surface area contributed by atoms with E-state index in [4.69, 9.17) is 5.73 Å². The number of likely N-dealkylation sites (tertiary alicyclic amines) is 1. The van der Waals surface area contributed by atoms with E-state index in [-0.39, 0.29) is 5.91 Å². The number of carbonyl (C=O) groups is 1. The van der Waals surface area contributed by atoms with Crippen molar-refractivity contribution in [3.63, 3.8) is 0 Å². The Morgan fingerprint density at radius 1 is 1.40 bits per heavy atom. The number of nitrogen functional groups attached to an aromatic ring is 1. The highest BCUT2D eigenvalue weighted by Crippen LogP contribution is 2.36. The lowest BCUT2D eigenvalue weighted by molar-refractivity contribution is -0.127. The first-order valence-corrected chi connectivity index (χ1v) is 9.24. The van der Waals surface area contributed by atoms with Crippen molar-refractivity contribution >= 4 is 39.0 Å². The summed E-state index contributed by atoms with van der Waals surface area (Å²) in [6, 6.07) is 5.84. The minimum Gasteiger partial charge on any atom is -0.384 e. The van der Waals surface area contributed by atoms with Crippen LogP contribution in [0.25, 0.3) is 20.8 Å². The zero-order valence-electron chi connectivity index (χ0n) is 13.8. The van der Waals surface area contributed by atoms with Crippen LogP contribution >= 0.6 is 11.3 Å². The molecule has 3 aromatic rings. The van der Waals surface area contributed by atoms with Crippen LogP contribution < -0.4 is 11.1 Å². The minimum atomic E-state index is 0.276. The largest absolute Gasteiger partial charge is 0.384 e. The summed E-state index contributed by atoms with van der Waals surface area (Å²) in [5.41, 5.74) is 8.80. The van der Waals surface area contributed by atoms with E-state index >= 15 is 0 Å². The summed E-state index contributed by atoms with van der Waals surface area (Å²) in [7, 11) is 0. The zero-order chi connectivity index (χ0) is 17.2.